The molecule has 0 saturated heterocycles. The smallest absolute Gasteiger partial charge is 0.338 e. The standard InChI is InChI=1S/C19H25Cl2N3O3/c1-4-27-18(25)16-13(3)22-19(26)23-17(16)14-9-12(2)10-15(11-14)24(7-5-20)8-6-21/h9-11,17H,4-8H2,1-3H3,(H2,22,23,26)/t17-/m0/s1. The number of halogens is 2. The number of amides is 2. The minimum absolute atomic E-state index is 0.259. The number of esters is 1. The molecule has 1 aromatic carbocycles. The second-order valence-electron chi connectivity index (χ2n) is 6.26. The molecule has 8 heteroatoms. The lowest BCUT2D eigenvalue weighted by atomic mass is 9.93. The van der Waals surface area contributed by atoms with Gasteiger partial charge in [0.25, 0.3) is 0 Å². The number of urea groups is 1. The van der Waals surface area contributed by atoms with Crippen molar-refractivity contribution in [1.82, 2.24) is 10.6 Å². The van der Waals surface area contributed by atoms with Crippen LogP contribution in [0.1, 0.15) is 31.0 Å². The average molecular weight is 414 g/mol. The maximum absolute atomic E-state index is 12.5. The molecule has 2 rings (SSSR count). The van der Waals surface area contributed by atoms with E-state index in [0.29, 0.717) is 36.1 Å². The molecule has 1 heterocycles. The molecule has 27 heavy (non-hydrogen) atoms. The van der Waals surface area contributed by atoms with Crippen LogP contribution < -0.4 is 15.5 Å². The number of allylic oxidation sites excluding steroid dienone is 1. The first-order valence-electron chi connectivity index (χ1n) is 8.85. The number of ether oxygens (including phenoxy) is 1. The summed E-state index contributed by atoms with van der Waals surface area (Å²) in [5.41, 5.74) is 3.64. The van der Waals surface area contributed by atoms with Crippen LogP contribution in [-0.2, 0) is 9.53 Å². The van der Waals surface area contributed by atoms with E-state index in [2.05, 4.69) is 15.5 Å². The second-order valence-corrected chi connectivity index (χ2v) is 7.01. The lowest BCUT2D eigenvalue weighted by Gasteiger charge is -2.30. The Morgan fingerprint density at radius 2 is 1.85 bits per heavy atom. The fourth-order valence-corrected chi connectivity index (χ4v) is 3.55. The third-order valence-corrected chi connectivity index (χ3v) is 4.59. The van der Waals surface area contributed by atoms with Crippen molar-refractivity contribution in [2.45, 2.75) is 26.8 Å². The lowest BCUT2D eigenvalue weighted by molar-refractivity contribution is -0.139. The zero-order chi connectivity index (χ0) is 20.0. The number of hydrogen-bond acceptors (Lipinski definition) is 4. The molecule has 2 amide bonds. The molecular weight excluding hydrogens is 389 g/mol. The second kappa shape index (κ2) is 9.85. The predicted molar refractivity (Wildman–Crippen MR) is 109 cm³/mol. The van der Waals surface area contributed by atoms with Crippen LogP contribution in [0.2, 0.25) is 0 Å². The van der Waals surface area contributed by atoms with Crippen molar-refractivity contribution in [3.05, 3.63) is 40.6 Å². The maximum atomic E-state index is 12.5. The molecule has 1 aromatic rings. The fourth-order valence-electron chi connectivity index (χ4n) is 3.14. The summed E-state index contributed by atoms with van der Waals surface area (Å²) >= 11 is 11.9. The van der Waals surface area contributed by atoms with E-state index in [9.17, 15) is 9.59 Å². The Bertz CT molecular complexity index is 731. The summed E-state index contributed by atoms with van der Waals surface area (Å²) in [6, 6.07) is 4.99. The van der Waals surface area contributed by atoms with E-state index in [0.717, 1.165) is 16.8 Å². The first kappa shape index (κ1) is 21.4. The van der Waals surface area contributed by atoms with Crippen molar-refractivity contribution >= 4 is 40.9 Å². The molecule has 0 aliphatic carbocycles. The molecule has 0 unspecified atom stereocenters. The van der Waals surface area contributed by atoms with Gasteiger partial charge in [-0.15, -0.1) is 23.2 Å². The van der Waals surface area contributed by atoms with E-state index in [1.54, 1.807) is 13.8 Å². The predicted octanol–water partition coefficient (Wildman–Crippen LogP) is 3.47. The van der Waals surface area contributed by atoms with Crippen molar-refractivity contribution < 1.29 is 14.3 Å². The van der Waals surface area contributed by atoms with Crippen molar-refractivity contribution in [2.24, 2.45) is 0 Å². The number of rotatable bonds is 8. The zero-order valence-electron chi connectivity index (χ0n) is 15.8. The topological polar surface area (TPSA) is 70.7 Å². The van der Waals surface area contributed by atoms with Crippen molar-refractivity contribution in [3.8, 4) is 0 Å². The van der Waals surface area contributed by atoms with Crippen LogP contribution in [0.5, 0.6) is 0 Å². The van der Waals surface area contributed by atoms with Crippen LogP contribution in [0.25, 0.3) is 0 Å². The molecule has 148 valence electrons. The number of aryl methyl sites for hydroxylation is 1. The molecule has 0 spiro atoms. The largest absolute Gasteiger partial charge is 0.463 e. The third kappa shape index (κ3) is 5.30. The molecule has 6 nitrogen and oxygen atoms in total. The summed E-state index contributed by atoms with van der Waals surface area (Å²) in [5, 5.41) is 5.47. The first-order valence-corrected chi connectivity index (χ1v) is 9.92. The maximum Gasteiger partial charge on any atom is 0.338 e. The highest BCUT2D eigenvalue weighted by atomic mass is 35.5. The number of carbonyl (C=O) groups is 2. The fraction of sp³-hybridized carbons (Fsp3) is 0.474. The van der Waals surface area contributed by atoms with Crippen LogP contribution >= 0.6 is 23.2 Å². The van der Waals surface area contributed by atoms with E-state index in [-0.39, 0.29) is 12.6 Å². The molecule has 0 aromatic heterocycles. The Hall–Kier alpha value is -1.92. The Morgan fingerprint density at radius 1 is 1.19 bits per heavy atom. The molecule has 0 fully saturated rings. The number of carbonyl (C=O) groups excluding carboxylic acids is 2. The van der Waals surface area contributed by atoms with Crippen molar-refractivity contribution in [2.75, 3.05) is 36.4 Å². The average Bonchev–Trinajstić information content (AvgIpc) is 2.60. The lowest BCUT2D eigenvalue weighted by Crippen LogP contribution is -2.45. The first-order chi connectivity index (χ1) is 12.9. The van der Waals surface area contributed by atoms with E-state index >= 15 is 0 Å². The van der Waals surface area contributed by atoms with Crippen molar-refractivity contribution in [1.29, 1.82) is 0 Å². The van der Waals surface area contributed by atoms with Gasteiger partial charge in [-0.3, -0.25) is 0 Å². The summed E-state index contributed by atoms with van der Waals surface area (Å²) in [6.07, 6.45) is 0. The van der Waals surface area contributed by atoms with Gasteiger partial charge in [-0.25, -0.2) is 9.59 Å². The minimum atomic E-state index is -0.592. The summed E-state index contributed by atoms with van der Waals surface area (Å²) in [6.45, 7) is 6.97. The monoisotopic (exact) mass is 413 g/mol. The number of hydrogen-bond donors (Lipinski definition) is 2. The van der Waals surface area contributed by atoms with Gasteiger partial charge in [0, 0.05) is 36.2 Å². The molecule has 0 radical (unpaired) electrons. The highest BCUT2D eigenvalue weighted by molar-refractivity contribution is 6.18. The Kier molecular flexibility index (Phi) is 7.80. The summed E-state index contributed by atoms with van der Waals surface area (Å²) in [4.78, 5) is 26.6. The van der Waals surface area contributed by atoms with Gasteiger partial charge in [0.05, 0.1) is 18.2 Å². The van der Waals surface area contributed by atoms with Gasteiger partial charge in [-0.1, -0.05) is 6.07 Å². The Labute approximate surface area is 169 Å². The molecule has 0 saturated carbocycles. The number of anilines is 1. The van der Waals surface area contributed by atoms with Gasteiger partial charge in [0.2, 0.25) is 0 Å². The Morgan fingerprint density at radius 3 is 2.44 bits per heavy atom. The van der Waals surface area contributed by atoms with Crippen LogP contribution in [0.15, 0.2) is 29.5 Å². The molecule has 1 aliphatic rings. The highest BCUT2D eigenvalue weighted by Crippen LogP contribution is 2.31. The summed E-state index contributed by atoms with van der Waals surface area (Å²) < 4.78 is 5.19. The quantitative estimate of drug-likeness (QED) is 0.505. The third-order valence-electron chi connectivity index (χ3n) is 4.26. The minimum Gasteiger partial charge on any atom is -0.463 e. The molecule has 1 aliphatic heterocycles. The van der Waals surface area contributed by atoms with E-state index < -0.39 is 12.0 Å². The summed E-state index contributed by atoms with van der Waals surface area (Å²) in [7, 11) is 0. The number of alkyl halides is 2. The zero-order valence-corrected chi connectivity index (χ0v) is 17.3. The van der Waals surface area contributed by atoms with Crippen LogP contribution in [0.3, 0.4) is 0 Å². The van der Waals surface area contributed by atoms with Crippen LogP contribution in [0.4, 0.5) is 10.5 Å². The Balaban J connectivity index is 2.49. The summed E-state index contributed by atoms with van der Waals surface area (Å²) in [5.74, 6) is 0.489. The SMILES string of the molecule is CCOC(=O)C1=C(C)NC(=O)N[C@H]1c1cc(C)cc(N(CCCl)CCCl)c1. The van der Waals surface area contributed by atoms with E-state index in [4.69, 9.17) is 27.9 Å². The molecule has 2 N–H and O–H groups in total. The van der Waals surface area contributed by atoms with Gasteiger partial charge in [0.1, 0.15) is 0 Å². The van der Waals surface area contributed by atoms with Gasteiger partial charge in [-0.2, -0.15) is 0 Å². The number of benzene rings is 1. The number of nitrogens with zero attached hydrogens (tertiary/aromatic N) is 1. The van der Waals surface area contributed by atoms with Gasteiger partial charge in [0.15, 0.2) is 0 Å². The van der Waals surface area contributed by atoms with Crippen molar-refractivity contribution in [3.63, 3.8) is 0 Å². The molecular formula is C19H25Cl2N3O3. The van der Waals surface area contributed by atoms with Gasteiger partial charge >= 0.3 is 12.0 Å². The van der Waals surface area contributed by atoms with E-state index in [1.165, 1.54) is 0 Å². The normalized spacial score (nSPS) is 16.6. The molecule has 1 atom stereocenters. The van der Waals surface area contributed by atoms with E-state index in [1.807, 2.05) is 25.1 Å². The van der Waals surface area contributed by atoms with Crippen LogP contribution in [-0.4, -0.2) is 43.5 Å². The van der Waals surface area contributed by atoms with Crippen LogP contribution in [0, 0.1) is 6.92 Å². The highest BCUT2D eigenvalue weighted by Gasteiger charge is 2.32. The van der Waals surface area contributed by atoms with Gasteiger partial charge < -0.3 is 20.3 Å². The molecule has 0 bridgehead atoms. The van der Waals surface area contributed by atoms with Gasteiger partial charge in [-0.05, 0) is 44.0 Å². The number of nitrogens with one attached hydrogen (secondary N) is 2.